The summed E-state index contributed by atoms with van der Waals surface area (Å²) in [6, 6.07) is 0. The summed E-state index contributed by atoms with van der Waals surface area (Å²) >= 11 is 0. The highest BCUT2D eigenvalue weighted by Crippen LogP contribution is 2.04. The molecular weight excluding hydrogens is 300 g/mol. The molecule has 5 nitrogen and oxygen atoms in total. The highest BCUT2D eigenvalue weighted by molar-refractivity contribution is 5.85. The van der Waals surface area contributed by atoms with Crippen LogP contribution in [0.2, 0.25) is 0 Å². The van der Waals surface area contributed by atoms with Gasteiger partial charge in [-0.3, -0.25) is 4.79 Å². The number of unbranched alkanes of at least 4 members (excludes halogenated alkanes) is 2. The second-order valence-electron chi connectivity index (χ2n) is 5.67. The summed E-state index contributed by atoms with van der Waals surface area (Å²) in [7, 11) is 0. The summed E-state index contributed by atoms with van der Waals surface area (Å²) in [5.74, 6) is 1.20. The molecular formula is C16H29ClN4O. The number of hydrogen-bond acceptors (Lipinski definition) is 3. The SMILES string of the molecule is CC(C)/C=C/CCCCC(=O)NCCCc1cnc(N)[nH]1.Cl. The van der Waals surface area contributed by atoms with Crippen LogP contribution in [0.1, 0.15) is 51.6 Å². The van der Waals surface area contributed by atoms with E-state index in [2.05, 4.69) is 41.3 Å². The quantitative estimate of drug-likeness (QED) is 0.455. The Kier molecular flexibility index (Phi) is 11.3. The first kappa shape index (κ1) is 20.5. The van der Waals surface area contributed by atoms with Gasteiger partial charge in [0.25, 0.3) is 0 Å². The molecule has 1 rings (SSSR count). The Hall–Kier alpha value is -1.49. The molecule has 0 atom stereocenters. The van der Waals surface area contributed by atoms with Gasteiger partial charge in [-0.2, -0.15) is 0 Å². The number of carbonyl (C=O) groups excluding carboxylic acids is 1. The fourth-order valence-electron chi connectivity index (χ4n) is 2.01. The maximum absolute atomic E-state index is 11.6. The number of nitrogens with two attached hydrogens (primary N) is 1. The number of allylic oxidation sites excluding steroid dienone is 2. The first-order valence-corrected chi connectivity index (χ1v) is 7.80. The van der Waals surface area contributed by atoms with Crippen LogP contribution >= 0.6 is 12.4 Å². The molecule has 0 radical (unpaired) electrons. The number of aromatic amines is 1. The number of nitrogen functional groups attached to an aromatic ring is 1. The third-order valence-corrected chi connectivity index (χ3v) is 3.14. The predicted molar refractivity (Wildman–Crippen MR) is 94.0 cm³/mol. The lowest BCUT2D eigenvalue weighted by Crippen LogP contribution is -2.24. The number of imidazole rings is 1. The second-order valence-corrected chi connectivity index (χ2v) is 5.67. The number of nitrogens with one attached hydrogen (secondary N) is 2. The average molecular weight is 329 g/mol. The van der Waals surface area contributed by atoms with E-state index >= 15 is 0 Å². The highest BCUT2D eigenvalue weighted by Gasteiger charge is 2.01. The molecule has 0 bridgehead atoms. The molecule has 1 aromatic rings. The lowest BCUT2D eigenvalue weighted by Gasteiger charge is -2.04. The number of nitrogens with zero attached hydrogens (tertiary/aromatic N) is 1. The Balaban J connectivity index is 0.00000441. The van der Waals surface area contributed by atoms with Crippen LogP contribution in [-0.4, -0.2) is 22.4 Å². The smallest absolute Gasteiger partial charge is 0.219 e. The summed E-state index contributed by atoms with van der Waals surface area (Å²) in [6.07, 6.45) is 11.6. The standard InChI is InChI=1S/C16H28N4O.ClH/c1-13(2)8-5-3-4-6-10-15(21)18-11-7-9-14-12-19-16(17)20-14;/h5,8,12-13H,3-4,6-7,9-11H2,1-2H3,(H,18,21)(H3,17,19,20);1H/b8-5+;. The molecule has 0 aliphatic rings. The molecule has 0 aromatic carbocycles. The van der Waals surface area contributed by atoms with E-state index in [4.69, 9.17) is 5.73 Å². The summed E-state index contributed by atoms with van der Waals surface area (Å²) in [5.41, 5.74) is 6.51. The lowest BCUT2D eigenvalue weighted by atomic mass is 10.1. The Labute approximate surface area is 139 Å². The van der Waals surface area contributed by atoms with Crippen LogP contribution in [0.15, 0.2) is 18.3 Å². The Bertz CT molecular complexity index is 443. The number of H-pyrrole nitrogens is 1. The van der Waals surface area contributed by atoms with Crippen molar-refractivity contribution in [3.63, 3.8) is 0 Å². The molecule has 0 saturated carbocycles. The Morgan fingerprint density at radius 1 is 1.41 bits per heavy atom. The zero-order chi connectivity index (χ0) is 15.5. The molecule has 1 amide bonds. The van der Waals surface area contributed by atoms with Gasteiger partial charge >= 0.3 is 0 Å². The van der Waals surface area contributed by atoms with E-state index in [1.807, 2.05) is 0 Å². The van der Waals surface area contributed by atoms with Crippen LogP contribution in [0.25, 0.3) is 0 Å². The van der Waals surface area contributed by atoms with Crippen molar-refractivity contribution in [2.75, 3.05) is 12.3 Å². The van der Waals surface area contributed by atoms with E-state index in [1.54, 1.807) is 6.20 Å². The van der Waals surface area contributed by atoms with Crippen molar-refractivity contribution in [1.29, 1.82) is 0 Å². The van der Waals surface area contributed by atoms with E-state index in [9.17, 15) is 4.79 Å². The Morgan fingerprint density at radius 2 is 2.18 bits per heavy atom. The summed E-state index contributed by atoms with van der Waals surface area (Å²) in [6.45, 7) is 5.04. The van der Waals surface area contributed by atoms with Gasteiger partial charge < -0.3 is 16.0 Å². The number of aromatic nitrogens is 2. The fraction of sp³-hybridized carbons (Fsp3) is 0.625. The normalized spacial score (nSPS) is 10.9. The second kappa shape index (κ2) is 12.1. The van der Waals surface area contributed by atoms with Crippen LogP contribution in [0, 0.1) is 5.92 Å². The number of rotatable bonds is 10. The maximum Gasteiger partial charge on any atom is 0.219 e. The van der Waals surface area contributed by atoms with Crippen molar-refractivity contribution in [2.24, 2.45) is 5.92 Å². The van der Waals surface area contributed by atoms with Gasteiger partial charge in [0, 0.05) is 18.7 Å². The van der Waals surface area contributed by atoms with Gasteiger partial charge in [0.15, 0.2) is 5.95 Å². The average Bonchev–Trinajstić information content (AvgIpc) is 2.84. The molecule has 1 aromatic heterocycles. The first-order chi connectivity index (χ1) is 10.1. The summed E-state index contributed by atoms with van der Waals surface area (Å²) < 4.78 is 0. The van der Waals surface area contributed by atoms with Crippen LogP contribution in [0.3, 0.4) is 0 Å². The van der Waals surface area contributed by atoms with E-state index in [0.717, 1.165) is 37.8 Å². The molecule has 0 saturated heterocycles. The minimum Gasteiger partial charge on any atom is -0.369 e. The number of hydrogen-bond donors (Lipinski definition) is 3. The molecule has 0 spiro atoms. The van der Waals surface area contributed by atoms with E-state index in [1.165, 1.54) is 0 Å². The summed E-state index contributed by atoms with van der Waals surface area (Å²) in [5, 5.41) is 2.95. The van der Waals surface area contributed by atoms with Crippen molar-refractivity contribution in [1.82, 2.24) is 15.3 Å². The van der Waals surface area contributed by atoms with Gasteiger partial charge in [0.1, 0.15) is 0 Å². The lowest BCUT2D eigenvalue weighted by molar-refractivity contribution is -0.121. The van der Waals surface area contributed by atoms with Crippen molar-refractivity contribution in [3.8, 4) is 0 Å². The largest absolute Gasteiger partial charge is 0.369 e. The van der Waals surface area contributed by atoms with Crippen LogP contribution < -0.4 is 11.1 Å². The molecule has 4 N–H and O–H groups in total. The van der Waals surface area contributed by atoms with Gasteiger partial charge in [0.2, 0.25) is 5.91 Å². The molecule has 126 valence electrons. The van der Waals surface area contributed by atoms with Crippen LogP contribution in [0.4, 0.5) is 5.95 Å². The van der Waals surface area contributed by atoms with E-state index < -0.39 is 0 Å². The predicted octanol–water partition coefficient (Wildman–Crippen LogP) is 3.24. The molecule has 1 heterocycles. The van der Waals surface area contributed by atoms with Crippen molar-refractivity contribution >= 4 is 24.3 Å². The maximum atomic E-state index is 11.6. The zero-order valence-electron chi connectivity index (χ0n) is 13.6. The van der Waals surface area contributed by atoms with Crippen molar-refractivity contribution < 1.29 is 4.79 Å². The molecule has 0 fully saturated rings. The Morgan fingerprint density at radius 3 is 2.82 bits per heavy atom. The number of aryl methyl sites for hydroxylation is 1. The van der Waals surface area contributed by atoms with Gasteiger partial charge in [-0.1, -0.05) is 26.0 Å². The van der Waals surface area contributed by atoms with Crippen LogP contribution in [-0.2, 0) is 11.2 Å². The zero-order valence-corrected chi connectivity index (χ0v) is 14.4. The third kappa shape index (κ3) is 10.3. The number of anilines is 1. The number of carbonyl (C=O) groups is 1. The molecule has 6 heteroatoms. The van der Waals surface area contributed by atoms with Gasteiger partial charge in [-0.05, 0) is 38.0 Å². The van der Waals surface area contributed by atoms with Crippen molar-refractivity contribution in [2.45, 2.75) is 52.4 Å². The summed E-state index contributed by atoms with van der Waals surface area (Å²) in [4.78, 5) is 18.5. The fourth-order valence-corrected chi connectivity index (χ4v) is 2.01. The molecule has 0 aliphatic heterocycles. The van der Waals surface area contributed by atoms with Gasteiger partial charge in [-0.25, -0.2) is 4.98 Å². The topological polar surface area (TPSA) is 83.8 Å². The van der Waals surface area contributed by atoms with Crippen LogP contribution in [0.5, 0.6) is 0 Å². The number of amides is 1. The monoisotopic (exact) mass is 328 g/mol. The van der Waals surface area contributed by atoms with Gasteiger partial charge in [-0.15, -0.1) is 12.4 Å². The highest BCUT2D eigenvalue weighted by atomic mass is 35.5. The molecule has 0 unspecified atom stereocenters. The van der Waals surface area contributed by atoms with E-state index in [0.29, 0.717) is 24.8 Å². The first-order valence-electron chi connectivity index (χ1n) is 7.80. The minimum atomic E-state index is 0. The van der Waals surface area contributed by atoms with Gasteiger partial charge in [0.05, 0.1) is 6.20 Å². The third-order valence-electron chi connectivity index (χ3n) is 3.14. The van der Waals surface area contributed by atoms with E-state index in [-0.39, 0.29) is 18.3 Å². The minimum absolute atomic E-state index is 0. The number of halogens is 1. The molecule has 0 aliphatic carbocycles. The van der Waals surface area contributed by atoms with Crippen molar-refractivity contribution in [3.05, 3.63) is 24.0 Å². The molecule has 22 heavy (non-hydrogen) atoms.